The summed E-state index contributed by atoms with van der Waals surface area (Å²) in [4.78, 5) is 38.8. The molecule has 0 aliphatic carbocycles. The van der Waals surface area contributed by atoms with Crippen molar-refractivity contribution in [2.45, 2.75) is 70.1 Å². The molecule has 0 aliphatic rings. The number of benzene rings is 3. The second-order valence-corrected chi connectivity index (χ2v) is 11.6. The SMILES string of the molecule is C=CCCCCC(=O)OC[C@H](Cc1ccccc1)NC(=O)[C@@H](CC=C)CC(=O)N[C@H](CO)Cc1ccc(OCc2ccccc2)cc1. The zero-order valence-corrected chi connectivity index (χ0v) is 27.2. The van der Waals surface area contributed by atoms with Crippen LogP contribution in [0.25, 0.3) is 0 Å². The van der Waals surface area contributed by atoms with Gasteiger partial charge in [0.1, 0.15) is 19.0 Å². The Labute approximate surface area is 278 Å². The van der Waals surface area contributed by atoms with Gasteiger partial charge in [-0.25, -0.2) is 0 Å². The van der Waals surface area contributed by atoms with Gasteiger partial charge in [0, 0.05) is 12.8 Å². The number of carbonyl (C=O) groups excluding carboxylic acids is 3. The topological polar surface area (TPSA) is 114 Å². The summed E-state index contributed by atoms with van der Waals surface area (Å²) in [6, 6.07) is 26.1. The van der Waals surface area contributed by atoms with Gasteiger partial charge in [-0.1, -0.05) is 84.9 Å². The van der Waals surface area contributed by atoms with Crippen LogP contribution in [0.3, 0.4) is 0 Å². The van der Waals surface area contributed by atoms with Crippen molar-refractivity contribution in [2.75, 3.05) is 13.2 Å². The molecule has 0 radical (unpaired) electrons. The summed E-state index contributed by atoms with van der Waals surface area (Å²) in [7, 11) is 0. The van der Waals surface area contributed by atoms with Crippen molar-refractivity contribution < 1.29 is 29.0 Å². The van der Waals surface area contributed by atoms with Gasteiger partial charge in [0.15, 0.2) is 0 Å². The second kappa shape index (κ2) is 21.2. The molecule has 3 atom stereocenters. The molecule has 0 heterocycles. The van der Waals surface area contributed by atoms with E-state index < -0.39 is 18.0 Å². The summed E-state index contributed by atoms with van der Waals surface area (Å²) in [6.07, 6.45) is 7.23. The van der Waals surface area contributed by atoms with Crippen LogP contribution in [0, 0.1) is 5.92 Å². The maximum absolute atomic E-state index is 13.4. The van der Waals surface area contributed by atoms with Gasteiger partial charge in [0.25, 0.3) is 0 Å². The van der Waals surface area contributed by atoms with Crippen LogP contribution in [-0.4, -0.2) is 48.2 Å². The Hall–Kier alpha value is -4.69. The zero-order valence-electron chi connectivity index (χ0n) is 27.2. The monoisotopic (exact) mass is 640 g/mol. The molecule has 0 unspecified atom stereocenters. The highest BCUT2D eigenvalue weighted by Crippen LogP contribution is 2.17. The van der Waals surface area contributed by atoms with Crippen molar-refractivity contribution in [3.8, 4) is 5.75 Å². The minimum absolute atomic E-state index is 0.0244. The largest absolute Gasteiger partial charge is 0.489 e. The molecular weight excluding hydrogens is 592 g/mol. The number of esters is 1. The van der Waals surface area contributed by atoms with E-state index in [1.165, 1.54) is 0 Å². The number of amides is 2. The first-order valence-corrected chi connectivity index (χ1v) is 16.3. The number of aliphatic hydroxyl groups is 1. The van der Waals surface area contributed by atoms with Crippen LogP contribution in [0.2, 0.25) is 0 Å². The molecule has 0 aliphatic heterocycles. The normalized spacial score (nSPS) is 12.6. The van der Waals surface area contributed by atoms with E-state index in [2.05, 4.69) is 23.8 Å². The summed E-state index contributed by atoms with van der Waals surface area (Å²) in [5.41, 5.74) is 2.99. The molecule has 8 heteroatoms. The number of hydrogen-bond donors (Lipinski definition) is 3. The summed E-state index contributed by atoms with van der Waals surface area (Å²) in [5.74, 6) is -0.938. The van der Waals surface area contributed by atoms with E-state index in [9.17, 15) is 19.5 Å². The van der Waals surface area contributed by atoms with Crippen molar-refractivity contribution in [2.24, 2.45) is 5.92 Å². The second-order valence-electron chi connectivity index (χ2n) is 11.6. The lowest BCUT2D eigenvalue weighted by Gasteiger charge is -2.23. The summed E-state index contributed by atoms with van der Waals surface area (Å²) < 4.78 is 11.4. The van der Waals surface area contributed by atoms with Crippen molar-refractivity contribution >= 4 is 17.8 Å². The van der Waals surface area contributed by atoms with Gasteiger partial charge in [-0.15, -0.1) is 13.2 Å². The summed E-state index contributed by atoms with van der Waals surface area (Å²) >= 11 is 0. The van der Waals surface area contributed by atoms with Crippen LogP contribution in [0.1, 0.15) is 55.2 Å². The van der Waals surface area contributed by atoms with Crippen LogP contribution in [0.5, 0.6) is 5.75 Å². The molecule has 0 fully saturated rings. The maximum atomic E-state index is 13.4. The van der Waals surface area contributed by atoms with Crippen molar-refractivity contribution in [1.29, 1.82) is 0 Å². The number of hydrogen-bond acceptors (Lipinski definition) is 6. The van der Waals surface area contributed by atoms with Gasteiger partial charge in [0.05, 0.1) is 24.6 Å². The molecule has 0 bridgehead atoms. The Morgan fingerprint density at radius 1 is 0.766 bits per heavy atom. The maximum Gasteiger partial charge on any atom is 0.305 e. The van der Waals surface area contributed by atoms with Crippen LogP contribution >= 0.6 is 0 Å². The average Bonchev–Trinajstić information content (AvgIpc) is 3.09. The molecule has 47 heavy (non-hydrogen) atoms. The van der Waals surface area contributed by atoms with Crippen LogP contribution in [0.15, 0.2) is 110 Å². The smallest absolute Gasteiger partial charge is 0.305 e. The number of carbonyl (C=O) groups is 3. The first-order valence-electron chi connectivity index (χ1n) is 16.3. The molecule has 2 amide bonds. The van der Waals surface area contributed by atoms with E-state index in [1.54, 1.807) is 6.08 Å². The van der Waals surface area contributed by atoms with Crippen LogP contribution in [0.4, 0.5) is 0 Å². The van der Waals surface area contributed by atoms with Gasteiger partial charge in [-0.05, 0) is 67.3 Å². The standard InChI is InChI=1S/C39H48N2O6/c1-3-5-6-13-19-38(44)47-29-35(25-30-15-9-7-10-16-30)41-39(45)33(14-4-2)26-37(43)40-34(27-42)24-31-20-22-36(23-21-31)46-28-32-17-11-8-12-18-32/h3-4,7-12,15-18,20-23,33-35,42H,1-2,5-6,13-14,19,24-29H2,(H,40,43)(H,41,45)/t33-,34-,35-/m0/s1. The fourth-order valence-corrected chi connectivity index (χ4v) is 5.10. The highest BCUT2D eigenvalue weighted by atomic mass is 16.5. The van der Waals surface area contributed by atoms with E-state index in [0.29, 0.717) is 32.3 Å². The van der Waals surface area contributed by atoms with Crippen molar-refractivity contribution in [3.63, 3.8) is 0 Å². The fraction of sp³-hybridized carbons (Fsp3) is 0.359. The first-order chi connectivity index (χ1) is 22.9. The summed E-state index contributed by atoms with van der Waals surface area (Å²) in [6.45, 7) is 7.70. The third-order valence-corrected chi connectivity index (χ3v) is 7.65. The zero-order chi connectivity index (χ0) is 33.7. The third-order valence-electron chi connectivity index (χ3n) is 7.65. The van der Waals surface area contributed by atoms with E-state index in [0.717, 1.165) is 35.3 Å². The highest BCUT2D eigenvalue weighted by molar-refractivity contribution is 5.86. The van der Waals surface area contributed by atoms with Gasteiger partial charge >= 0.3 is 5.97 Å². The van der Waals surface area contributed by atoms with Crippen LogP contribution in [-0.2, 0) is 38.6 Å². The van der Waals surface area contributed by atoms with Gasteiger partial charge in [-0.3, -0.25) is 14.4 Å². The third kappa shape index (κ3) is 14.5. The lowest BCUT2D eigenvalue weighted by Crippen LogP contribution is -2.45. The van der Waals surface area contributed by atoms with Gasteiger partial charge in [0.2, 0.25) is 11.8 Å². The lowest BCUT2D eigenvalue weighted by atomic mass is 9.98. The Balaban J connectivity index is 1.54. The molecule has 3 rings (SSSR count). The predicted molar refractivity (Wildman–Crippen MR) is 185 cm³/mol. The Bertz CT molecular complexity index is 1380. The van der Waals surface area contributed by atoms with Crippen molar-refractivity contribution in [1.82, 2.24) is 10.6 Å². The average molecular weight is 641 g/mol. The first kappa shape index (κ1) is 36.8. The number of rotatable bonds is 22. The number of aliphatic hydroxyl groups excluding tert-OH is 1. The Kier molecular flexibility index (Phi) is 16.6. The molecule has 0 aromatic heterocycles. The number of unbranched alkanes of at least 4 members (excludes halogenated alkanes) is 2. The van der Waals surface area contributed by atoms with E-state index >= 15 is 0 Å². The molecule has 250 valence electrons. The number of ether oxygens (including phenoxy) is 2. The molecule has 0 saturated heterocycles. The van der Waals surface area contributed by atoms with Crippen molar-refractivity contribution in [3.05, 3.63) is 127 Å². The fourth-order valence-electron chi connectivity index (χ4n) is 5.10. The highest BCUT2D eigenvalue weighted by Gasteiger charge is 2.25. The quantitative estimate of drug-likeness (QED) is 0.0718. The van der Waals surface area contributed by atoms with Crippen LogP contribution < -0.4 is 15.4 Å². The van der Waals surface area contributed by atoms with E-state index in [1.807, 2.05) is 91.0 Å². The Morgan fingerprint density at radius 3 is 2.04 bits per heavy atom. The van der Waals surface area contributed by atoms with E-state index in [-0.39, 0.29) is 43.8 Å². The minimum Gasteiger partial charge on any atom is -0.489 e. The number of nitrogens with one attached hydrogen (secondary N) is 2. The molecule has 8 nitrogen and oxygen atoms in total. The minimum atomic E-state index is -0.680. The molecular formula is C39H48N2O6. The Morgan fingerprint density at radius 2 is 1.40 bits per heavy atom. The van der Waals surface area contributed by atoms with E-state index in [4.69, 9.17) is 9.47 Å². The number of allylic oxidation sites excluding steroid dienone is 2. The van der Waals surface area contributed by atoms with Gasteiger partial charge in [-0.2, -0.15) is 0 Å². The van der Waals surface area contributed by atoms with Gasteiger partial charge < -0.3 is 25.2 Å². The molecule has 0 spiro atoms. The molecule has 3 N–H and O–H groups in total. The molecule has 0 saturated carbocycles. The molecule has 3 aromatic rings. The predicted octanol–water partition coefficient (Wildman–Crippen LogP) is 5.88. The lowest BCUT2D eigenvalue weighted by molar-refractivity contribution is -0.145. The molecule has 3 aromatic carbocycles. The summed E-state index contributed by atoms with van der Waals surface area (Å²) in [5, 5.41) is 15.9.